The van der Waals surface area contributed by atoms with E-state index in [2.05, 4.69) is 5.32 Å². The number of hydrogen-bond acceptors (Lipinski definition) is 5. The van der Waals surface area contributed by atoms with Crippen molar-refractivity contribution < 1.29 is 26.2 Å². The Kier molecular flexibility index (Phi) is 5.26. The van der Waals surface area contributed by atoms with Crippen LogP contribution in [0, 0.1) is 6.92 Å². The molecule has 0 unspecified atom stereocenters. The van der Waals surface area contributed by atoms with Crippen LogP contribution in [-0.2, 0) is 24.7 Å². The number of aryl methyl sites for hydroxylation is 1. The third-order valence-electron chi connectivity index (χ3n) is 2.38. The number of amides is 1. The topological polar surface area (TPSA) is 118 Å². The maximum atomic E-state index is 11.9. The summed E-state index contributed by atoms with van der Waals surface area (Å²) in [6.07, 6.45) is 0. The molecule has 20 heavy (non-hydrogen) atoms. The van der Waals surface area contributed by atoms with E-state index in [-0.39, 0.29) is 11.4 Å². The summed E-state index contributed by atoms with van der Waals surface area (Å²) in [6, 6.07) is 6.03. The summed E-state index contributed by atoms with van der Waals surface area (Å²) in [4.78, 5) is 11.4. The highest BCUT2D eigenvalue weighted by atomic mass is 32.2. The normalized spacial score (nSPS) is 12.1. The summed E-state index contributed by atoms with van der Waals surface area (Å²) in [7, 11) is -7.95. The standard InChI is InChI=1S/C11H15NO6S2/c1-9-2-4-10(5-3-9)19(14,15)8-11(13)12-6-7-20(16,17)18/h2-5H,6-8H2,1H3,(H,12,13)(H,16,17,18). The number of sulfone groups is 1. The van der Waals surface area contributed by atoms with Crippen LogP contribution in [0.1, 0.15) is 5.56 Å². The Labute approximate surface area is 117 Å². The molecule has 0 heterocycles. The smallest absolute Gasteiger partial charge is 0.266 e. The van der Waals surface area contributed by atoms with Gasteiger partial charge < -0.3 is 5.32 Å². The molecular weight excluding hydrogens is 306 g/mol. The minimum absolute atomic E-state index is 0.0213. The van der Waals surface area contributed by atoms with E-state index in [0.717, 1.165) is 5.56 Å². The van der Waals surface area contributed by atoms with Gasteiger partial charge in [-0.25, -0.2) is 8.42 Å². The van der Waals surface area contributed by atoms with Crippen LogP contribution in [0.15, 0.2) is 29.2 Å². The summed E-state index contributed by atoms with van der Waals surface area (Å²) >= 11 is 0. The zero-order chi connectivity index (χ0) is 15.4. The molecule has 112 valence electrons. The maximum absolute atomic E-state index is 11.9. The number of hydrogen-bond donors (Lipinski definition) is 2. The Morgan fingerprint density at radius 3 is 2.20 bits per heavy atom. The lowest BCUT2D eigenvalue weighted by atomic mass is 10.2. The fourth-order valence-corrected chi connectivity index (χ4v) is 2.90. The number of carbonyl (C=O) groups is 1. The summed E-state index contributed by atoms with van der Waals surface area (Å²) in [5.74, 6) is -2.26. The fourth-order valence-electron chi connectivity index (χ4n) is 1.37. The van der Waals surface area contributed by atoms with E-state index in [1.165, 1.54) is 12.1 Å². The Morgan fingerprint density at radius 2 is 1.70 bits per heavy atom. The van der Waals surface area contributed by atoms with Crippen LogP contribution < -0.4 is 5.32 Å². The van der Waals surface area contributed by atoms with Gasteiger partial charge in [-0.2, -0.15) is 8.42 Å². The molecule has 1 aromatic carbocycles. The number of nitrogens with one attached hydrogen (secondary N) is 1. The van der Waals surface area contributed by atoms with E-state index in [1.807, 2.05) is 0 Å². The van der Waals surface area contributed by atoms with Crippen molar-refractivity contribution >= 4 is 25.9 Å². The van der Waals surface area contributed by atoms with Gasteiger partial charge in [0, 0.05) is 6.54 Å². The van der Waals surface area contributed by atoms with E-state index < -0.39 is 37.4 Å². The molecule has 7 nitrogen and oxygen atoms in total. The molecule has 0 aromatic heterocycles. The second kappa shape index (κ2) is 6.33. The van der Waals surface area contributed by atoms with Crippen molar-refractivity contribution in [2.24, 2.45) is 0 Å². The molecule has 1 rings (SSSR count). The minimum Gasteiger partial charge on any atom is -0.354 e. The van der Waals surface area contributed by atoms with Gasteiger partial charge in [0.1, 0.15) is 5.75 Å². The van der Waals surface area contributed by atoms with E-state index in [1.54, 1.807) is 19.1 Å². The third-order valence-corrected chi connectivity index (χ3v) is 4.74. The van der Waals surface area contributed by atoms with Gasteiger partial charge in [-0.3, -0.25) is 9.35 Å². The van der Waals surface area contributed by atoms with Crippen LogP contribution in [0.5, 0.6) is 0 Å². The van der Waals surface area contributed by atoms with Crippen LogP contribution in [-0.4, -0.2) is 45.3 Å². The van der Waals surface area contributed by atoms with Crippen molar-refractivity contribution in [1.29, 1.82) is 0 Å². The second-order valence-electron chi connectivity index (χ2n) is 4.21. The van der Waals surface area contributed by atoms with E-state index >= 15 is 0 Å². The van der Waals surface area contributed by atoms with E-state index in [4.69, 9.17) is 4.55 Å². The van der Waals surface area contributed by atoms with Crippen LogP contribution in [0.25, 0.3) is 0 Å². The van der Waals surface area contributed by atoms with Crippen molar-refractivity contribution in [1.82, 2.24) is 5.32 Å². The first kappa shape index (κ1) is 16.6. The molecule has 0 bridgehead atoms. The molecule has 0 aliphatic rings. The summed E-state index contributed by atoms with van der Waals surface area (Å²) in [6.45, 7) is 1.46. The monoisotopic (exact) mass is 321 g/mol. The zero-order valence-electron chi connectivity index (χ0n) is 10.7. The highest BCUT2D eigenvalue weighted by Gasteiger charge is 2.19. The largest absolute Gasteiger partial charge is 0.354 e. The van der Waals surface area contributed by atoms with Gasteiger partial charge in [0.15, 0.2) is 9.84 Å². The molecule has 0 saturated heterocycles. The Hall–Kier alpha value is -1.45. The SMILES string of the molecule is Cc1ccc(S(=O)(=O)CC(=O)NCCS(=O)(=O)O)cc1. The second-order valence-corrected chi connectivity index (χ2v) is 7.77. The van der Waals surface area contributed by atoms with Crippen molar-refractivity contribution in [3.8, 4) is 0 Å². The maximum Gasteiger partial charge on any atom is 0.266 e. The molecule has 0 radical (unpaired) electrons. The average Bonchev–Trinajstić information content (AvgIpc) is 2.26. The predicted molar refractivity (Wildman–Crippen MR) is 72.7 cm³/mol. The molecule has 2 N–H and O–H groups in total. The highest BCUT2D eigenvalue weighted by Crippen LogP contribution is 2.11. The lowest BCUT2D eigenvalue weighted by Crippen LogP contribution is -2.33. The van der Waals surface area contributed by atoms with E-state index in [0.29, 0.717) is 0 Å². The minimum atomic E-state index is -4.18. The van der Waals surface area contributed by atoms with Crippen LogP contribution >= 0.6 is 0 Å². The summed E-state index contributed by atoms with van der Waals surface area (Å²) < 4.78 is 53.1. The first-order chi connectivity index (χ1) is 9.10. The summed E-state index contributed by atoms with van der Waals surface area (Å²) in [5, 5.41) is 2.12. The highest BCUT2D eigenvalue weighted by molar-refractivity contribution is 7.92. The Morgan fingerprint density at radius 1 is 1.15 bits per heavy atom. The van der Waals surface area contributed by atoms with Gasteiger partial charge >= 0.3 is 0 Å². The van der Waals surface area contributed by atoms with Gasteiger partial charge in [0.2, 0.25) is 5.91 Å². The molecule has 0 atom stereocenters. The molecule has 0 aliphatic heterocycles. The van der Waals surface area contributed by atoms with Crippen LogP contribution in [0.4, 0.5) is 0 Å². The molecule has 0 spiro atoms. The molecule has 9 heteroatoms. The predicted octanol–water partition coefficient (Wildman–Crippen LogP) is -0.227. The lowest BCUT2D eigenvalue weighted by Gasteiger charge is -2.06. The fraction of sp³-hybridized carbons (Fsp3) is 0.364. The number of rotatable bonds is 6. The number of benzene rings is 1. The summed E-state index contributed by atoms with van der Waals surface area (Å²) in [5.41, 5.74) is 0.890. The third kappa shape index (κ3) is 5.68. The Balaban J connectivity index is 2.63. The molecule has 0 fully saturated rings. The van der Waals surface area contributed by atoms with Gasteiger partial charge in [-0.1, -0.05) is 17.7 Å². The molecular formula is C11H15NO6S2. The molecule has 0 aliphatic carbocycles. The molecule has 1 aromatic rings. The van der Waals surface area contributed by atoms with Gasteiger partial charge in [-0.05, 0) is 19.1 Å². The zero-order valence-corrected chi connectivity index (χ0v) is 12.4. The van der Waals surface area contributed by atoms with E-state index in [9.17, 15) is 21.6 Å². The molecule has 1 amide bonds. The van der Waals surface area contributed by atoms with Crippen molar-refractivity contribution in [2.75, 3.05) is 18.1 Å². The van der Waals surface area contributed by atoms with Gasteiger partial charge in [-0.15, -0.1) is 0 Å². The van der Waals surface area contributed by atoms with Crippen molar-refractivity contribution in [3.05, 3.63) is 29.8 Å². The van der Waals surface area contributed by atoms with Crippen molar-refractivity contribution in [2.45, 2.75) is 11.8 Å². The van der Waals surface area contributed by atoms with Crippen LogP contribution in [0.3, 0.4) is 0 Å². The van der Waals surface area contributed by atoms with Gasteiger partial charge in [0.05, 0.1) is 10.6 Å². The van der Waals surface area contributed by atoms with Crippen molar-refractivity contribution in [3.63, 3.8) is 0 Å². The Bertz CT molecular complexity index is 676. The average molecular weight is 321 g/mol. The quantitative estimate of drug-likeness (QED) is 0.699. The first-order valence-electron chi connectivity index (χ1n) is 5.61. The van der Waals surface area contributed by atoms with Crippen LogP contribution in [0.2, 0.25) is 0 Å². The lowest BCUT2D eigenvalue weighted by molar-refractivity contribution is -0.118. The van der Waals surface area contributed by atoms with Gasteiger partial charge in [0.25, 0.3) is 10.1 Å². The number of carbonyl (C=O) groups excluding carboxylic acids is 1. The molecule has 0 saturated carbocycles. The first-order valence-corrected chi connectivity index (χ1v) is 8.87.